The molecular weight excluding hydrogens is 292 g/mol. The number of aryl methyl sites for hydroxylation is 2. The molecule has 0 aromatic carbocycles. The Hall–Kier alpha value is -2.64. The fourth-order valence-electron chi connectivity index (χ4n) is 3.33. The van der Waals surface area contributed by atoms with Crippen LogP contribution in [0.2, 0.25) is 0 Å². The molecule has 23 heavy (non-hydrogen) atoms. The zero-order chi connectivity index (χ0) is 16.0. The molecule has 0 spiro atoms. The zero-order valence-electron chi connectivity index (χ0n) is 13.3. The van der Waals surface area contributed by atoms with Crippen molar-refractivity contribution in [1.82, 2.24) is 29.5 Å². The van der Waals surface area contributed by atoms with Crippen molar-refractivity contribution in [3.63, 3.8) is 0 Å². The highest BCUT2D eigenvalue weighted by Gasteiger charge is 2.24. The highest BCUT2D eigenvalue weighted by molar-refractivity contribution is 5.86. The van der Waals surface area contributed by atoms with E-state index in [0.717, 1.165) is 37.0 Å². The van der Waals surface area contributed by atoms with Crippen LogP contribution in [0.3, 0.4) is 0 Å². The minimum atomic E-state index is 0.492. The van der Waals surface area contributed by atoms with Gasteiger partial charge in [-0.25, -0.2) is 0 Å². The molecule has 0 radical (unpaired) electrons. The molecule has 0 aliphatic carbocycles. The van der Waals surface area contributed by atoms with Crippen molar-refractivity contribution in [3.8, 4) is 0 Å². The van der Waals surface area contributed by atoms with Crippen molar-refractivity contribution < 1.29 is 0 Å². The molecule has 3 aromatic rings. The maximum Gasteiger partial charge on any atom is 0.229 e. The van der Waals surface area contributed by atoms with Crippen LogP contribution in [0, 0.1) is 0 Å². The molecule has 8 nitrogen and oxygen atoms in total. The number of piperidine rings is 1. The molecule has 4 rings (SSSR count). The van der Waals surface area contributed by atoms with Crippen molar-refractivity contribution in [3.05, 3.63) is 24.2 Å². The predicted molar refractivity (Wildman–Crippen MR) is 88.1 cm³/mol. The van der Waals surface area contributed by atoms with Gasteiger partial charge in [0.15, 0.2) is 5.65 Å². The molecule has 1 aliphatic rings. The molecule has 2 N–H and O–H groups in total. The second-order valence-electron chi connectivity index (χ2n) is 6.06. The third-order valence-corrected chi connectivity index (χ3v) is 4.66. The van der Waals surface area contributed by atoms with Gasteiger partial charge < -0.3 is 10.6 Å². The van der Waals surface area contributed by atoms with Gasteiger partial charge in [0.25, 0.3) is 0 Å². The summed E-state index contributed by atoms with van der Waals surface area (Å²) in [7, 11) is 3.87. The molecule has 0 amide bonds. The third-order valence-electron chi connectivity index (χ3n) is 4.66. The first-order valence-corrected chi connectivity index (χ1v) is 7.81. The summed E-state index contributed by atoms with van der Waals surface area (Å²) < 4.78 is 3.70. The topological polar surface area (TPSA) is 90.7 Å². The van der Waals surface area contributed by atoms with Gasteiger partial charge in [-0.05, 0) is 18.9 Å². The predicted octanol–water partition coefficient (Wildman–Crippen LogP) is 1.06. The largest absolute Gasteiger partial charge is 0.383 e. The Balaban J connectivity index is 1.56. The Bertz CT molecular complexity index is 840. The van der Waals surface area contributed by atoms with Crippen molar-refractivity contribution in [2.24, 2.45) is 14.1 Å². The molecular formula is C15H20N8. The SMILES string of the molecule is Cn1nccc1C1CCN(c2nc(N)c3cnn(C)c3n2)CC1. The van der Waals surface area contributed by atoms with E-state index in [-0.39, 0.29) is 0 Å². The highest BCUT2D eigenvalue weighted by Crippen LogP contribution is 2.30. The van der Waals surface area contributed by atoms with Crippen LogP contribution in [-0.2, 0) is 14.1 Å². The lowest BCUT2D eigenvalue weighted by Gasteiger charge is -2.32. The molecule has 0 bridgehead atoms. The highest BCUT2D eigenvalue weighted by atomic mass is 15.3. The summed E-state index contributed by atoms with van der Waals surface area (Å²) in [6.07, 6.45) is 5.70. The third kappa shape index (κ3) is 2.30. The lowest BCUT2D eigenvalue weighted by Crippen LogP contribution is -2.34. The smallest absolute Gasteiger partial charge is 0.229 e. The number of rotatable bonds is 2. The molecule has 4 heterocycles. The van der Waals surface area contributed by atoms with Gasteiger partial charge >= 0.3 is 0 Å². The molecule has 120 valence electrons. The van der Waals surface area contributed by atoms with Crippen LogP contribution in [0.1, 0.15) is 24.5 Å². The van der Waals surface area contributed by atoms with Gasteiger partial charge in [-0.2, -0.15) is 20.2 Å². The number of hydrogen-bond donors (Lipinski definition) is 1. The lowest BCUT2D eigenvalue weighted by molar-refractivity contribution is 0.473. The van der Waals surface area contributed by atoms with Crippen molar-refractivity contribution in [2.45, 2.75) is 18.8 Å². The van der Waals surface area contributed by atoms with Crippen LogP contribution in [0.25, 0.3) is 11.0 Å². The van der Waals surface area contributed by atoms with Crippen LogP contribution in [-0.4, -0.2) is 42.6 Å². The molecule has 1 saturated heterocycles. The van der Waals surface area contributed by atoms with E-state index in [4.69, 9.17) is 5.73 Å². The van der Waals surface area contributed by atoms with Gasteiger partial charge in [0, 0.05) is 45.0 Å². The van der Waals surface area contributed by atoms with Crippen LogP contribution >= 0.6 is 0 Å². The fourth-order valence-corrected chi connectivity index (χ4v) is 3.33. The quantitative estimate of drug-likeness (QED) is 0.761. The number of aromatic nitrogens is 6. The van der Waals surface area contributed by atoms with E-state index in [1.165, 1.54) is 5.69 Å². The zero-order valence-corrected chi connectivity index (χ0v) is 13.3. The van der Waals surface area contributed by atoms with E-state index in [1.807, 2.05) is 25.0 Å². The maximum absolute atomic E-state index is 6.06. The van der Waals surface area contributed by atoms with Crippen LogP contribution in [0.5, 0.6) is 0 Å². The van der Waals surface area contributed by atoms with E-state index in [9.17, 15) is 0 Å². The Morgan fingerprint density at radius 2 is 1.87 bits per heavy atom. The summed E-state index contributed by atoms with van der Waals surface area (Å²) in [5.74, 6) is 1.73. The average Bonchev–Trinajstić information content (AvgIpc) is 3.14. The van der Waals surface area contributed by atoms with Gasteiger partial charge in [0.2, 0.25) is 5.95 Å². The molecule has 0 unspecified atom stereocenters. The lowest BCUT2D eigenvalue weighted by atomic mass is 9.93. The fraction of sp³-hybridized carbons (Fsp3) is 0.467. The summed E-state index contributed by atoms with van der Waals surface area (Å²) in [5.41, 5.74) is 8.14. The van der Waals surface area contributed by atoms with E-state index < -0.39 is 0 Å². The van der Waals surface area contributed by atoms with Crippen molar-refractivity contribution in [2.75, 3.05) is 23.7 Å². The van der Waals surface area contributed by atoms with Crippen molar-refractivity contribution >= 4 is 22.8 Å². The molecule has 8 heteroatoms. The monoisotopic (exact) mass is 312 g/mol. The summed E-state index contributed by atoms with van der Waals surface area (Å²) in [5, 5.41) is 9.28. The number of nitrogen functional groups attached to an aromatic ring is 1. The Kier molecular flexibility index (Phi) is 3.17. The van der Waals surface area contributed by atoms with E-state index in [0.29, 0.717) is 17.7 Å². The first-order valence-electron chi connectivity index (χ1n) is 7.81. The van der Waals surface area contributed by atoms with E-state index in [1.54, 1.807) is 10.9 Å². The second kappa shape index (κ2) is 5.22. The van der Waals surface area contributed by atoms with Crippen LogP contribution < -0.4 is 10.6 Å². The Morgan fingerprint density at radius 1 is 1.09 bits per heavy atom. The van der Waals surface area contributed by atoms with Crippen LogP contribution in [0.4, 0.5) is 11.8 Å². The van der Waals surface area contributed by atoms with Gasteiger partial charge in [-0.1, -0.05) is 0 Å². The number of hydrogen-bond acceptors (Lipinski definition) is 6. The van der Waals surface area contributed by atoms with Gasteiger partial charge in [0.05, 0.1) is 11.6 Å². The first-order chi connectivity index (χ1) is 11.1. The van der Waals surface area contributed by atoms with E-state index >= 15 is 0 Å². The Labute approximate surface area is 133 Å². The molecule has 1 aliphatic heterocycles. The first kappa shape index (κ1) is 14.0. The molecule has 1 fully saturated rings. The van der Waals surface area contributed by atoms with Crippen molar-refractivity contribution in [1.29, 1.82) is 0 Å². The molecule has 3 aromatic heterocycles. The standard InChI is InChI=1S/C15H20N8/c1-21-12(3-6-17-21)10-4-7-23(8-5-10)15-19-13(16)11-9-18-22(2)14(11)20-15/h3,6,9-10H,4-5,7-8H2,1-2H3,(H2,16,19,20). The summed E-state index contributed by atoms with van der Waals surface area (Å²) in [6.45, 7) is 1.83. The van der Waals surface area contributed by atoms with Gasteiger partial charge in [0.1, 0.15) is 5.82 Å². The Morgan fingerprint density at radius 3 is 2.57 bits per heavy atom. The average molecular weight is 312 g/mol. The number of nitrogens with two attached hydrogens (primary N) is 1. The van der Waals surface area contributed by atoms with Gasteiger partial charge in [-0.15, -0.1) is 0 Å². The molecule has 0 saturated carbocycles. The number of nitrogens with zero attached hydrogens (tertiary/aromatic N) is 7. The maximum atomic E-state index is 6.06. The molecule has 0 atom stereocenters. The summed E-state index contributed by atoms with van der Waals surface area (Å²) >= 11 is 0. The normalized spacial score (nSPS) is 16.3. The number of fused-ring (bicyclic) bond motifs is 1. The second-order valence-corrected chi connectivity index (χ2v) is 6.06. The summed E-state index contributed by atoms with van der Waals surface area (Å²) in [4.78, 5) is 11.3. The minimum absolute atomic E-state index is 0.492. The van der Waals surface area contributed by atoms with E-state index in [2.05, 4.69) is 31.1 Å². The minimum Gasteiger partial charge on any atom is -0.383 e. The number of anilines is 2. The summed E-state index contributed by atoms with van der Waals surface area (Å²) in [6, 6.07) is 2.11. The van der Waals surface area contributed by atoms with Gasteiger partial charge in [-0.3, -0.25) is 9.36 Å². The van der Waals surface area contributed by atoms with Crippen LogP contribution in [0.15, 0.2) is 18.5 Å².